The summed E-state index contributed by atoms with van der Waals surface area (Å²) in [5, 5.41) is 0. The van der Waals surface area contributed by atoms with Crippen molar-refractivity contribution < 1.29 is 4.79 Å². The summed E-state index contributed by atoms with van der Waals surface area (Å²) in [4.78, 5) is 13.5. The molecule has 0 radical (unpaired) electrons. The summed E-state index contributed by atoms with van der Waals surface area (Å²) in [6, 6.07) is 13.9. The first-order chi connectivity index (χ1) is 8.56. The highest BCUT2D eigenvalue weighted by molar-refractivity contribution is 7.99. The van der Waals surface area contributed by atoms with Gasteiger partial charge in [-0.2, -0.15) is 0 Å². The zero-order chi connectivity index (χ0) is 13.1. The molecule has 3 heteroatoms. The monoisotopic (exact) mass is 257 g/mol. The number of rotatable bonds is 3. The van der Waals surface area contributed by atoms with Gasteiger partial charge in [0.15, 0.2) is 5.78 Å². The van der Waals surface area contributed by atoms with Crippen LogP contribution in [0.1, 0.15) is 22.8 Å². The van der Waals surface area contributed by atoms with Crippen molar-refractivity contribution in [1.82, 2.24) is 0 Å². The first-order valence-corrected chi connectivity index (χ1v) is 6.53. The van der Waals surface area contributed by atoms with E-state index in [2.05, 4.69) is 31.2 Å². The maximum atomic E-state index is 11.3. The van der Waals surface area contributed by atoms with E-state index in [0.29, 0.717) is 11.3 Å². The third-order valence-corrected chi connectivity index (χ3v) is 3.66. The van der Waals surface area contributed by atoms with Crippen LogP contribution in [0.25, 0.3) is 0 Å². The zero-order valence-electron chi connectivity index (χ0n) is 10.4. The van der Waals surface area contributed by atoms with Gasteiger partial charge in [0.25, 0.3) is 0 Å². The average molecular weight is 257 g/mol. The van der Waals surface area contributed by atoms with Crippen molar-refractivity contribution in [2.45, 2.75) is 23.6 Å². The predicted octanol–water partition coefficient (Wildman–Crippen LogP) is 3.93. The fourth-order valence-corrected chi connectivity index (χ4v) is 2.53. The molecule has 0 fully saturated rings. The van der Waals surface area contributed by atoms with Crippen LogP contribution in [0, 0.1) is 6.92 Å². The van der Waals surface area contributed by atoms with Gasteiger partial charge in [0.2, 0.25) is 0 Å². The second-order valence-electron chi connectivity index (χ2n) is 4.22. The number of carbonyl (C=O) groups excluding carboxylic acids is 1. The van der Waals surface area contributed by atoms with Gasteiger partial charge in [0.05, 0.1) is 0 Å². The van der Waals surface area contributed by atoms with Crippen molar-refractivity contribution in [2.75, 3.05) is 5.73 Å². The lowest BCUT2D eigenvalue weighted by Gasteiger charge is -2.06. The summed E-state index contributed by atoms with van der Waals surface area (Å²) in [7, 11) is 0. The van der Waals surface area contributed by atoms with E-state index < -0.39 is 0 Å². The number of nitrogens with two attached hydrogens (primary N) is 1. The van der Waals surface area contributed by atoms with Crippen LogP contribution in [0.15, 0.2) is 52.3 Å². The molecule has 0 aliphatic heterocycles. The lowest BCUT2D eigenvalue weighted by atomic mass is 10.1. The van der Waals surface area contributed by atoms with Crippen molar-refractivity contribution in [3.63, 3.8) is 0 Å². The maximum Gasteiger partial charge on any atom is 0.161 e. The molecule has 0 bridgehead atoms. The first kappa shape index (κ1) is 12.7. The average Bonchev–Trinajstić information content (AvgIpc) is 2.32. The number of carbonyl (C=O) groups is 1. The minimum absolute atomic E-state index is 0.000569. The van der Waals surface area contributed by atoms with Gasteiger partial charge in [-0.1, -0.05) is 29.5 Å². The SMILES string of the molecule is CC(=O)c1ccc(Sc2ccc(C)cc2)cc1N. The summed E-state index contributed by atoms with van der Waals surface area (Å²) in [5.41, 5.74) is 8.24. The molecule has 2 N–H and O–H groups in total. The molecule has 0 atom stereocenters. The highest BCUT2D eigenvalue weighted by atomic mass is 32.2. The number of aryl methyl sites for hydroxylation is 1. The van der Waals surface area contributed by atoms with E-state index in [1.165, 1.54) is 12.5 Å². The smallest absolute Gasteiger partial charge is 0.161 e. The van der Waals surface area contributed by atoms with Crippen molar-refractivity contribution in [3.05, 3.63) is 53.6 Å². The molecule has 2 aromatic carbocycles. The summed E-state index contributed by atoms with van der Waals surface area (Å²) in [6.07, 6.45) is 0. The molecule has 0 aliphatic carbocycles. The molecule has 0 aliphatic rings. The van der Waals surface area contributed by atoms with E-state index in [-0.39, 0.29) is 5.78 Å². The van der Waals surface area contributed by atoms with Gasteiger partial charge in [-0.15, -0.1) is 0 Å². The molecule has 0 saturated heterocycles. The maximum absolute atomic E-state index is 11.3. The molecular weight excluding hydrogens is 242 g/mol. The van der Waals surface area contributed by atoms with Crippen LogP contribution in [0.5, 0.6) is 0 Å². The second kappa shape index (κ2) is 5.27. The van der Waals surface area contributed by atoms with E-state index in [1.54, 1.807) is 17.8 Å². The fourth-order valence-electron chi connectivity index (χ4n) is 1.67. The summed E-state index contributed by atoms with van der Waals surface area (Å²) >= 11 is 1.64. The highest BCUT2D eigenvalue weighted by Gasteiger charge is 2.06. The Morgan fingerprint density at radius 2 is 1.67 bits per heavy atom. The first-order valence-electron chi connectivity index (χ1n) is 5.71. The third-order valence-electron chi connectivity index (χ3n) is 2.66. The van der Waals surface area contributed by atoms with Gasteiger partial charge in [0, 0.05) is 21.0 Å². The Morgan fingerprint density at radius 3 is 2.22 bits per heavy atom. The molecule has 18 heavy (non-hydrogen) atoms. The van der Waals surface area contributed by atoms with Crippen LogP contribution < -0.4 is 5.73 Å². The molecule has 0 amide bonds. The fraction of sp³-hybridized carbons (Fsp3) is 0.133. The molecule has 0 spiro atoms. The van der Waals surface area contributed by atoms with Crippen molar-refractivity contribution in [3.8, 4) is 0 Å². The lowest BCUT2D eigenvalue weighted by Crippen LogP contribution is -1.99. The Bertz CT molecular complexity index is 576. The van der Waals surface area contributed by atoms with Crippen molar-refractivity contribution in [1.29, 1.82) is 0 Å². The Kier molecular flexibility index (Phi) is 3.72. The number of hydrogen-bond donors (Lipinski definition) is 1. The number of hydrogen-bond acceptors (Lipinski definition) is 3. The molecular formula is C15H15NOS. The topological polar surface area (TPSA) is 43.1 Å². The van der Waals surface area contributed by atoms with E-state index in [9.17, 15) is 4.79 Å². The van der Waals surface area contributed by atoms with E-state index in [1.807, 2.05) is 12.1 Å². The number of nitrogen functional groups attached to an aromatic ring is 1. The van der Waals surface area contributed by atoms with Gasteiger partial charge < -0.3 is 5.73 Å². The Morgan fingerprint density at radius 1 is 1.06 bits per heavy atom. The minimum atomic E-state index is -0.000569. The van der Waals surface area contributed by atoms with Crippen LogP contribution in [-0.2, 0) is 0 Å². The molecule has 92 valence electrons. The quantitative estimate of drug-likeness (QED) is 0.669. The number of anilines is 1. The van der Waals surface area contributed by atoms with Crippen LogP contribution in [0.2, 0.25) is 0 Å². The van der Waals surface area contributed by atoms with E-state index in [0.717, 1.165) is 9.79 Å². The Balaban J connectivity index is 2.22. The van der Waals surface area contributed by atoms with Gasteiger partial charge >= 0.3 is 0 Å². The van der Waals surface area contributed by atoms with Crippen LogP contribution in [0.4, 0.5) is 5.69 Å². The summed E-state index contributed by atoms with van der Waals surface area (Å²) in [5.74, 6) is -0.000569. The van der Waals surface area contributed by atoms with E-state index in [4.69, 9.17) is 5.73 Å². The van der Waals surface area contributed by atoms with Crippen molar-refractivity contribution in [2.24, 2.45) is 0 Å². The van der Waals surface area contributed by atoms with Gasteiger partial charge in [0.1, 0.15) is 0 Å². The summed E-state index contributed by atoms with van der Waals surface area (Å²) in [6.45, 7) is 3.59. The number of ketones is 1. The number of benzene rings is 2. The molecule has 0 heterocycles. The molecule has 2 nitrogen and oxygen atoms in total. The minimum Gasteiger partial charge on any atom is -0.398 e. The van der Waals surface area contributed by atoms with Crippen LogP contribution in [-0.4, -0.2) is 5.78 Å². The highest BCUT2D eigenvalue weighted by Crippen LogP contribution is 2.30. The second-order valence-corrected chi connectivity index (χ2v) is 5.37. The molecule has 0 saturated carbocycles. The zero-order valence-corrected chi connectivity index (χ0v) is 11.3. The molecule has 0 aromatic heterocycles. The van der Waals surface area contributed by atoms with Crippen molar-refractivity contribution >= 4 is 23.2 Å². The molecule has 2 aromatic rings. The van der Waals surface area contributed by atoms with Crippen LogP contribution in [0.3, 0.4) is 0 Å². The standard InChI is InChI=1S/C15H15NOS/c1-10-3-5-12(6-4-10)18-13-7-8-14(11(2)17)15(16)9-13/h3-9H,16H2,1-2H3. The van der Waals surface area contributed by atoms with Gasteiger partial charge in [-0.05, 0) is 44.2 Å². The van der Waals surface area contributed by atoms with E-state index >= 15 is 0 Å². The molecule has 2 rings (SSSR count). The largest absolute Gasteiger partial charge is 0.398 e. The number of Topliss-reactive ketones (excluding diaryl/α,β-unsaturated/α-hetero) is 1. The molecule has 0 unspecified atom stereocenters. The summed E-state index contributed by atoms with van der Waals surface area (Å²) < 4.78 is 0. The Hall–Kier alpha value is -1.74. The Labute approximate surface area is 111 Å². The predicted molar refractivity (Wildman–Crippen MR) is 76.2 cm³/mol. The third kappa shape index (κ3) is 2.93. The van der Waals surface area contributed by atoms with Gasteiger partial charge in [-0.3, -0.25) is 4.79 Å². The normalized spacial score (nSPS) is 10.3. The lowest BCUT2D eigenvalue weighted by molar-refractivity contribution is 0.101. The van der Waals surface area contributed by atoms with Crippen LogP contribution >= 0.6 is 11.8 Å². The van der Waals surface area contributed by atoms with Gasteiger partial charge in [-0.25, -0.2) is 0 Å².